The normalized spacial score (nSPS) is 25.8. The van der Waals surface area contributed by atoms with Crippen LogP contribution in [-0.2, 0) is 21.9 Å². The van der Waals surface area contributed by atoms with Crippen LogP contribution >= 0.6 is 0 Å². The number of hydrogen-bond acceptors (Lipinski definition) is 4. The Kier molecular flexibility index (Phi) is 1.98. The molecule has 3 rings (SSSR count). The van der Waals surface area contributed by atoms with Crippen molar-refractivity contribution >= 4 is 9.84 Å². The fraction of sp³-hybridized carbons (Fsp3) is 0.700. The molecule has 0 radical (unpaired) electrons. The number of hydrogen-bond donors (Lipinski definition) is 1. The van der Waals surface area contributed by atoms with Crippen molar-refractivity contribution < 1.29 is 8.42 Å². The first kappa shape index (κ1) is 10.3. The van der Waals surface area contributed by atoms with Crippen LogP contribution in [0.2, 0.25) is 0 Å². The van der Waals surface area contributed by atoms with Gasteiger partial charge in [-0.3, -0.25) is 0 Å². The van der Waals surface area contributed by atoms with E-state index in [2.05, 4.69) is 4.98 Å². The summed E-state index contributed by atoms with van der Waals surface area (Å²) in [5.41, 5.74) is 6.62. The molecule has 5 nitrogen and oxygen atoms in total. The molecule has 0 saturated heterocycles. The van der Waals surface area contributed by atoms with Crippen molar-refractivity contribution in [3.8, 4) is 0 Å². The van der Waals surface area contributed by atoms with Gasteiger partial charge in [0.2, 0.25) is 15.0 Å². The lowest BCUT2D eigenvalue weighted by molar-refractivity contribution is 0.447. The van der Waals surface area contributed by atoms with Crippen LogP contribution in [0.25, 0.3) is 0 Å². The van der Waals surface area contributed by atoms with E-state index in [-0.39, 0.29) is 10.9 Å². The maximum atomic E-state index is 11.7. The number of nitrogens with zero attached hydrogens (tertiary/aromatic N) is 2. The summed E-state index contributed by atoms with van der Waals surface area (Å²) < 4.78 is 25.0. The summed E-state index contributed by atoms with van der Waals surface area (Å²) in [5, 5.41) is 0.208. The van der Waals surface area contributed by atoms with Gasteiger partial charge < -0.3 is 10.3 Å². The van der Waals surface area contributed by atoms with Crippen LogP contribution in [-0.4, -0.2) is 23.7 Å². The van der Waals surface area contributed by atoms with Crippen molar-refractivity contribution in [2.24, 2.45) is 5.73 Å². The van der Waals surface area contributed by atoms with Gasteiger partial charge in [-0.1, -0.05) is 12.8 Å². The quantitative estimate of drug-likeness (QED) is 0.772. The number of nitrogens with two attached hydrogens (primary N) is 1. The van der Waals surface area contributed by atoms with Crippen LogP contribution in [0.5, 0.6) is 0 Å². The standard InChI is InChI=1S/C10H15N3O2S/c11-10(3-1-2-4-10)8-7-13-5-6-16(14,15)9(13)12-8/h7H,1-6,11H2. The van der Waals surface area contributed by atoms with Crippen molar-refractivity contribution in [1.82, 2.24) is 9.55 Å². The molecule has 1 fully saturated rings. The van der Waals surface area contributed by atoms with E-state index in [1.165, 1.54) is 0 Å². The third kappa shape index (κ3) is 1.33. The molecule has 2 heterocycles. The van der Waals surface area contributed by atoms with Crippen LogP contribution < -0.4 is 5.73 Å². The van der Waals surface area contributed by atoms with E-state index in [4.69, 9.17) is 5.73 Å². The number of rotatable bonds is 1. The van der Waals surface area contributed by atoms with Gasteiger partial charge in [-0.2, -0.15) is 0 Å². The molecule has 1 aliphatic carbocycles. The first-order chi connectivity index (χ1) is 7.51. The van der Waals surface area contributed by atoms with Gasteiger partial charge in [-0.15, -0.1) is 0 Å². The molecule has 16 heavy (non-hydrogen) atoms. The van der Waals surface area contributed by atoms with Crippen molar-refractivity contribution in [1.29, 1.82) is 0 Å². The van der Waals surface area contributed by atoms with Gasteiger partial charge in [0, 0.05) is 12.7 Å². The predicted octanol–water partition coefficient (Wildman–Crippen LogP) is 0.398. The van der Waals surface area contributed by atoms with Gasteiger partial charge in [0.25, 0.3) is 0 Å². The summed E-state index contributed by atoms with van der Waals surface area (Å²) in [4.78, 5) is 4.25. The molecule has 0 spiro atoms. The van der Waals surface area contributed by atoms with Gasteiger partial charge in [0.1, 0.15) is 0 Å². The lowest BCUT2D eigenvalue weighted by atomic mass is 9.96. The first-order valence-electron chi connectivity index (χ1n) is 5.61. The van der Waals surface area contributed by atoms with Gasteiger partial charge >= 0.3 is 0 Å². The SMILES string of the molecule is NC1(c2cn3c(n2)S(=O)(=O)CC3)CCCC1. The molecule has 2 aliphatic rings. The highest BCUT2D eigenvalue weighted by Gasteiger charge is 2.37. The minimum absolute atomic E-state index is 0.174. The number of imidazole rings is 1. The molecule has 6 heteroatoms. The molecular formula is C10H15N3O2S. The van der Waals surface area contributed by atoms with E-state index in [1.807, 2.05) is 6.20 Å². The summed E-state index contributed by atoms with van der Waals surface area (Å²) in [6, 6.07) is 0. The predicted molar refractivity (Wildman–Crippen MR) is 58.6 cm³/mol. The van der Waals surface area contributed by atoms with Gasteiger partial charge in [0.15, 0.2) is 0 Å². The van der Waals surface area contributed by atoms with E-state index in [1.54, 1.807) is 4.57 Å². The molecule has 0 bridgehead atoms. The van der Waals surface area contributed by atoms with Crippen LogP contribution in [0, 0.1) is 0 Å². The molecule has 0 amide bonds. The minimum Gasteiger partial charge on any atom is -0.321 e. The van der Waals surface area contributed by atoms with Crippen molar-refractivity contribution in [3.05, 3.63) is 11.9 Å². The lowest BCUT2D eigenvalue weighted by Crippen LogP contribution is -2.33. The third-order valence-corrected chi connectivity index (χ3v) is 5.23. The van der Waals surface area contributed by atoms with E-state index < -0.39 is 15.4 Å². The Morgan fingerprint density at radius 3 is 2.69 bits per heavy atom. The molecule has 0 unspecified atom stereocenters. The Morgan fingerprint density at radius 1 is 1.38 bits per heavy atom. The molecule has 0 aromatic carbocycles. The Balaban J connectivity index is 2.07. The van der Waals surface area contributed by atoms with Gasteiger partial charge in [0.05, 0.1) is 17.0 Å². The van der Waals surface area contributed by atoms with Crippen LogP contribution in [0.1, 0.15) is 31.4 Å². The maximum Gasteiger partial charge on any atom is 0.228 e. The monoisotopic (exact) mass is 241 g/mol. The Bertz CT molecular complexity index is 526. The molecule has 1 aromatic rings. The number of sulfone groups is 1. The van der Waals surface area contributed by atoms with E-state index in [9.17, 15) is 8.42 Å². The fourth-order valence-corrected chi connectivity index (χ4v) is 3.98. The average molecular weight is 241 g/mol. The number of aromatic nitrogens is 2. The average Bonchev–Trinajstić information content (AvgIpc) is 2.85. The molecular weight excluding hydrogens is 226 g/mol. The highest BCUT2D eigenvalue weighted by molar-refractivity contribution is 7.91. The second-order valence-corrected chi connectivity index (χ2v) is 6.79. The summed E-state index contributed by atoms with van der Waals surface area (Å²) >= 11 is 0. The largest absolute Gasteiger partial charge is 0.321 e. The van der Waals surface area contributed by atoms with E-state index in [0.717, 1.165) is 31.4 Å². The van der Waals surface area contributed by atoms with Gasteiger partial charge in [-0.25, -0.2) is 13.4 Å². The highest BCUT2D eigenvalue weighted by Crippen LogP contribution is 2.36. The fourth-order valence-electron chi connectivity index (χ4n) is 2.62. The smallest absolute Gasteiger partial charge is 0.228 e. The van der Waals surface area contributed by atoms with E-state index in [0.29, 0.717) is 6.54 Å². The summed E-state index contributed by atoms with van der Waals surface area (Å²) in [5.74, 6) is 0.174. The van der Waals surface area contributed by atoms with Crippen LogP contribution in [0.3, 0.4) is 0 Å². The minimum atomic E-state index is -3.14. The second kappa shape index (κ2) is 3.07. The zero-order chi connectivity index (χ0) is 11.4. The first-order valence-corrected chi connectivity index (χ1v) is 7.26. The highest BCUT2D eigenvalue weighted by atomic mass is 32.2. The van der Waals surface area contributed by atoms with Crippen molar-refractivity contribution in [2.75, 3.05) is 5.75 Å². The molecule has 1 saturated carbocycles. The summed E-state index contributed by atoms with van der Waals surface area (Å²) in [7, 11) is -3.14. The zero-order valence-electron chi connectivity index (χ0n) is 9.02. The zero-order valence-corrected chi connectivity index (χ0v) is 9.83. The molecule has 88 valence electrons. The number of aryl methyl sites for hydroxylation is 1. The van der Waals surface area contributed by atoms with Crippen molar-refractivity contribution in [3.63, 3.8) is 0 Å². The van der Waals surface area contributed by atoms with Crippen LogP contribution in [0.15, 0.2) is 11.4 Å². The summed E-state index contributed by atoms with van der Waals surface area (Å²) in [6.07, 6.45) is 5.84. The Morgan fingerprint density at radius 2 is 2.06 bits per heavy atom. The number of fused-ring (bicyclic) bond motifs is 1. The third-order valence-electron chi connectivity index (χ3n) is 3.62. The lowest BCUT2D eigenvalue weighted by Gasteiger charge is -2.20. The topological polar surface area (TPSA) is 78.0 Å². The molecule has 1 aromatic heterocycles. The maximum absolute atomic E-state index is 11.7. The van der Waals surface area contributed by atoms with E-state index >= 15 is 0 Å². The molecule has 1 aliphatic heterocycles. The molecule has 0 atom stereocenters. The second-order valence-electron chi connectivity index (χ2n) is 4.78. The van der Waals surface area contributed by atoms with Crippen LogP contribution in [0.4, 0.5) is 0 Å². The Hall–Kier alpha value is -0.880. The molecule has 2 N–H and O–H groups in total. The van der Waals surface area contributed by atoms with Crippen molar-refractivity contribution in [2.45, 2.75) is 42.9 Å². The van der Waals surface area contributed by atoms with Gasteiger partial charge in [-0.05, 0) is 12.8 Å². The summed E-state index contributed by atoms with van der Waals surface area (Å²) in [6.45, 7) is 0.515. The Labute approximate surface area is 94.6 Å².